The van der Waals surface area contributed by atoms with Crippen molar-refractivity contribution >= 4 is 0 Å². The molecule has 0 spiro atoms. The van der Waals surface area contributed by atoms with Crippen LogP contribution < -0.4 is 19.7 Å². The SMILES string of the molecule is COc1ccc(COC[C@@H](O)C[NH2+]CCC[NH+]2CCOCC2)cc1OC. The number of hydrogen-bond acceptors (Lipinski definition) is 5. The third-order valence-electron chi connectivity index (χ3n) is 4.60. The summed E-state index contributed by atoms with van der Waals surface area (Å²) >= 11 is 0. The minimum atomic E-state index is -0.453. The fourth-order valence-corrected chi connectivity index (χ4v) is 3.07. The Kier molecular flexibility index (Phi) is 9.73. The molecule has 1 aliphatic rings. The fourth-order valence-electron chi connectivity index (χ4n) is 3.07. The molecule has 1 saturated heterocycles. The summed E-state index contributed by atoms with van der Waals surface area (Å²) in [7, 11) is 3.23. The van der Waals surface area contributed by atoms with Crippen LogP contribution in [0.15, 0.2) is 18.2 Å². The third kappa shape index (κ3) is 7.47. The Bertz CT molecular complexity index is 509. The molecule has 2 rings (SSSR count). The smallest absolute Gasteiger partial charge is 0.161 e. The number of benzene rings is 1. The largest absolute Gasteiger partial charge is 0.493 e. The lowest BCUT2D eigenvalue weighted by molar-refractivity contribution is -0.909. The summed E-state index contributed by atoms with van der Waals surface area (Å²) in [5, 5.41) is 12.2. The van der Waals surface area contributed by atoms with Crippen LogP contribution in [0.2, 0.25) is 0 Å². The lowest BCUT2D eigenvalue weighted by Crippen LogP contribution is -3.14. The van der Waals surface area contributed by atoms with E-state index in [0.29, 0.717) is 31.3 Å². The molecule has 1 fully saturated rings. The van der Waals surface area contributed by atoms with E-state index in [9.17, 15) is 5.11 Å². The highest BCUT2D eigenvalue weighted by Gasteiger charge is 2.13. The fraction of sp³-hybridized carbons (Fsp3) is 0.684. The van der Waals surface area contributed by atoms with Crippen molar-refractivity contribution < 1.29 is 34.3 Å². The Morgan fingerprint density at radius 2 is 1.96 bits per heavy atom. The maximum absolute atomic E-state index is 10.0. The van der Waals surface area contributed by atoms with Gasteiger partial charge in [0.1, 0.15) is 25.7 Å². The molecule has 7 heteroatoms. The lowest BCUT2D eigenvalue weighted by Gasteiger charge is -2.23. The molecule has 0 aliphatic carbocycles. The maximum Gasteiger partial charge on any atom is 0.161 e. The Hall–Kier alpha value is -1.38. The average molecular weight is 370 g/mol. The molecule has 1 aromatic carbocycles. The number of ether oxygens (including phenoxy) is 4. The molecular weight excluding hydrogens is 336 g/mol. The third-order valence-corrected chi connectivity index (χ3v) is 4.60. The van der Waals surface area contributed by atoms with Crippen LogP contribution in [0.3, 0.4) is 0 Å². The summed E-state index contributed by atoms with van der Waals surface area (Å²) in [4.78, 5) is 1.63. The van der Waals surface area contributed by atoms with E-state index < -0.39 is 6.10 Å². The van der Waals surface area contributed by atoms with E-state index in [4.69, 9.17) is 18.9 Å². The minimum Gasteiger partial charge on any atom is -0.493 e. The van der Waals surface area contributed by atoms with Gasteiger partial charge in [0.25, 0.3) is 0 Å². The maximum atomic E-state index is 10.0. The quantitative estimate of drug-likeness (QED) is 0.388. The number of nitrogens with one attached hydrogen (secondary N) is 1. The standard InChI is InChI=1S/C19H32N2O5/c1-23-18-5-4-16(12-19(18)24-2)14-26-15-17(22)13-20-6-3-7-21-8-10-25-11-9-21/h4-5,12,17,20,22H,3,6-11,13-15H2,1-2H3/p+2/t17-/m0/s1. The zero-order valence-electron chi connectivity index (χ0n) is 16.0. The van der Waals surface area contributed by atoms with Gasteiger partial charge in [0.15, 0.2) is 11.5 Å². The number of rotatable bonds is 12. The number of aliphatic hydroxyl groups excluding tert-OH is 1. The number of nitrogens with two attached hydrogens (primary N) is 1. The first-order valence-electron chi connectivity index (χ1n) is 9.42. The molecule has 0 saturated carbocycles. The molecule has 0 bridgehead atoms. The van der Waals surface area contributed by atoms with Gasteiger partial charge in [-0.15, -0.1) is 0 Å². The van der Waals surface area contributed by atoms with E-state index in [0.717, 1.165) is 44.8 Å². The first kappa shape index (κ1) is 20.9. The highest BCUT2D eigenvalue weighted by atomic mass is 16.5. The van der Waals surface area contributed by atoms with Crippen LogP contribution in [0.1, 0.15) is 12.0 Å². The van der Waals surface area contributed by atoms with E-state index in [1.165, 1.54) is 6.54 Å². The number of hydrogen-bond donors (Lipinski definition) is 3. The first-order chi connectivity index (χ1) is 12.7. The van der Waals surface area contributed by atoms with Gasteiger partial charge in [-0.3, -0.25) is 0 Å². The molecule has 1 aromatic rings. The van der Waals surface area contributed by atoms with Crippen LogP contribution in [0, 0.1) is 0 Å². The van der Waals surface area contributed by atoms with Gasteiger partial charge in [0.2, 0.25) is 0 Å². The second-order valence-electron chi connectivity index (χ2n) is 6.64. The van der Waals surface area contributed by atoms with Crippen LogP contribution in [-0.4, -0.2) is 78.0 Å². The zero-order valence-corrected chi connectivity index (χ0v) is 16.0. The lowest BCUT2D eigenvalue weighted by atomic mass is 10.2. The minimum absolute atomic E-state index is 0.333. The summed E-state index contributed by atoms with van der Waals surface area (Å²) in [6, 6.07) is 5.69. The van der Waals surface area contributed by atoms with Crippen molar-refractivity contribution in [2.75, 3.05) is 66.8 Å². The van der Waals surface area contributed by atoms with Gasteiger partial charge in [-0.25, -0.2) is 0 Å². The van der Waals surface area contributed by atoms with Gasteiger partial charge in [-0.2, -0.15) is 0 Å². The van der Waals surface area contributed by atoms with Gasteiger partial charge in [-0.05, 0) is 17.7 Å². The van der Waals surface area contributed by atoms with Crippen LogP contribution in [0.25, 0.3) is 0 Å². The molecule has 26 heavy (non-hydrogen) atoms. The topological polar surface area (TPSA) is 78.2 Å². The number of methoxy groups -OCH3 is 2. The number of aliphatic hydroxyl groups is 1. The molecule has 1 atom stereocenters. The van der Waals surface area contributed by atoms with Crippen molar-refractivity contribution in [2.45, 2.75) is 19.1 Å². The predicted octanol–water partition coefficient (Wildman–Crippen LogP) is -1.55. The van der Waals surface area contributed by atoms with E-state index in [1.54, 1.807) is 19.1 Å². The monoisotopic (exact) mass is 370 g/mol. The van der Waals surface area contributed by atoms with Gasteiger partial charge in [0.05, 0.1) is 53.7 Å². The molecule has 0 aromatic heterocycles. The van der Waals surface area contributed by atoms with E-state index in [2.05, 4.69) is 5.32 Å². The van der Waals surface area contributed by atoms with Crippen molar-refractivity contribution in [3.05, 3.63) is 23.8 Å². The second kappa shape index (κ2) is 12.1. The molecule has 4 N–H and O–H groups in total. The molecule has 148 valence electrons. The van der Waals surface area contributed by atoms with Crippen molar-refractivity contribution in [2.24, 2.45) is 0 Å². The van der Waals surface area contributed by atoms with Crippen LogP contribution in [0.5, 0.6) is 11.5 Å². The molecule has 1 aliphatic heterocycles. The van der Waals surface area contributed by atoms with E-state index in [-0.39, 0.29) is 0 Å². The summed E-state index contributed by atoms with van der Waals surface area (Å²) in [5.74, 6) is 1.38. The molecule has 0 unspecified atom stereocenters. The second-order valence-corrected chi connectivity index (χ2v) is 6.64. The zero-order chi connectivity index (χ0) is 18.6. The van der Waals surface area contributed by atoms with Crippen LogP contribution in [0.4, 0.5) is 0 Å². The van der Waals surface area contributed by atoms with Crippen LogP contribution in [-0.2, 0) is 16.1 Å². The highest BCUT2D eigenvalue weighted by Crippen LogP contribution is 2.27. The molecule has 0 amide bonds. The van der Waals surface area contributed by atoms with Crippen molar-refractivity contribution in [1.29, 1.82) is 0 Å². The van der Waals surface area contributed by atoms with Gasteiger partial charge in [0, 0.05) is 6.42 Å². The van der Waals surface area contributed by atoms with Gasteiger partial charge in [-0.1, -0.05) is 6.07 Å². The number of morpholine rings is 1. The summed E-state index contributed by atoms with van der Waals surface area (Å²) in [5.41, 5.74) is 0.993. The van der Waals surface area contributed by atoms with Gasteiger partial charge < -0.3 is 34.3 Å². The summed E-state index contributed by atoms with van der Waals surface area (Å²) in [6.07, 6.45) is 0.708. The first-order valence-corrected chi connectivity index (χ1v) is 9.42. The molecule has 7 nitrogen and oxygen atoms in total. The van der Waals surface area contributed by atoms with Gasteiger partial charge >= 0.3 is 0 Å². The normalized spacial score (nSPS) is 16.4. The summed E-state index contributed by atoms with van der Waals surface area (Å²) in [6.45, 7) is 7.67. The predicted molar refractivity (Wildman–Crippen MR) is 97.9 cm³/mol. The van der Waals surface area contributed by atoms with Crippen molar-refractivity contribution in [3.8, 4) is 11.5 Å². The Balaban J connectivity index is 1.53. The average Bonchev–Trinajstić information content (AvgIpc) is 2.68. The summed E-state index contributed by atoms with van der Waals surface area (Å²) < 4.78 is 21.5. The van der Waals surface area contributed by atoms with Crippen molar-refractivity contribution in [1.82, 2.24) is 0 Å². The van der Waals surface area contributed by atoms with Crippen LogP contribution >= 0.6 is 0 Å². The number of quaternary nitrogens is 2. The molecular formula is C19H34N2O5+2. The Labute approximate surface area is 156 Å². The van der Waals surface area contributed by atoms with Crippen molar-refractivity contribution in [3.63, 3.8) is 0 Å². The molecule has 0 radical (unpaired) electrons. The Morgan fingerprint density at radius 1 is 1.19 bits per heavy atom. The van der Waals surface area contributed by atoms with E-state index >= 15 is 0 Å². The highest BCUT2D eigenvalue weighted by molar-refractivity contribution is 5.42. The Morgan fingerprint density at radius 3 is 2.69 bits per heavy atom. The molecule has 1 heterocycles. The van der Waals surface area contributed by atoms with E-state index in [1.807, 2.05) is 18.2 Å².